The SMILES string of the molecule is CCOc1ccc(-n2nnnc2CN2CCN(C(=O)c3cc(OC)c(OC)c(OC)c3)CC2)cc1. The molecular weight excluding hydrogens is 452 g/mol. The van der Waals surface area contributed by atoms with Gasteiger partial charge in [-0.25, -0.2) is 0 Å². The molecule has 1 aliphatic rings. The third-order valence-electron chi connectivity index (χ3n) is 5.86. The molecule has 11 heteroatoms. The van der Waals surface area contributed by atoms with Crippen LogP contribution in [0.4, 0.5) is 0 Å². The molecule has 1 fully saturated rings. The third kappa shape index (κ3) is 5.29. The number of nitrogens with zero attached hydrogens (tertiary/aromatic N) is 6. The molecule has 0 unspecified atom stereocenters. The molecule has 0 radical (unpaired) electrons. The number of piperazine rings is 1. The molecule has 186 valence electrons. The average molecular weight is 483 g/mol. The Kier molecular flexibility index (Phi) is 7.66. The summed E-state index contributed by atoms with van der Waals surface area (Å²) >= 11 is 0. The van der Waals surface area contributed by atoms with Gasteiger partial charge in [0.1, 0.15) is 5.75 Å². The van der Waals surface area contributed by atoms with E-state index >= 15 is 0 Å². The summed E-state index contributed by atoms with van der Waals surface area (Å²) in [5.74, 6) is 2.83. The van der Waals surface area contributed by atoms with Crippen LogP contribution in [0.15, 0.2) is 36.4 Å². The zero-order valence-electron chi connectivity index (χ0n) is 20.4. The van der Waals surface area contributed by atoms with E-state index in [1.807, 2.05) is 36.1 Å². The fourth-order valence-corrected chi connectivity index (χ4v) is 4.05. The van der Waals surface area contributed by atoms with Crippen molar-refractivity contribution in [2.45, 2.75) is 13.5 Å². The molecule has 1 saturated heterocycles. The Morgan fingerprint density at radius 3 is 2.17 bits per heavy atom. The second-order valence-electron chi connectivity index (χ2n) is 7.92. The van der Waals surface area contributed by atoms with Crippen LogP contribution < -0.4 is 18.9 Å². The lowest BCUT2D eigenvalue weighted by atomic mass is 10.1. The van der Waals surface area contributed by atoms with Gasteiger partial charge < -0.3 is 23.8 Å². The Hall–Kier alpha value is -3.86. The molecule has 4 rings (SSSR count). The highest BCUT2D eigenvalue weighted by atomic mass is 16.5. The van der Waals surface area contributed by atoms with Gasteiger partial charge in [-0.3, -0.25) is 9.69 Å². The predicted octanol–water partition coefficient (Wildman–Crippen LogP) is 2.04. The largest absolute Gasteiger partial charge is 0.494 e. The molecule has 0 atom stereocenters. The van der Waals surface area contributed by atoms with Crippen molar-refractivity contribution >= 4 is 5.91 Å². The first-order valence-electron chi connectivity index (χ1n) is 11.4. The average Bonchev–Trinajstić information content (AvgIpc) is 3.36. The number of carbonyl (C=O) groups is 1. The second kappa shape index (κ2) is 11.0. The van der Waals surface area contributed by atoms with Crippen molar-refractivity contribution in [1.29, 1.82) is 0 Å². The van der Waals surface area contributed by atoms with Crippen molar-refractivity contribution < 1.29 is 23.7 Å². The first kappa shape index (κ1) is 24.3. The van der Waals surface area contributed by atoms with Crippen LogP contribution in [0, 0.1) is 0 Å². The van der Waals surface area contributed by atoms with Crippen molar-refractivity contribution in [2.24, 2.45) is 0 Å². The van der Waals surface area contributed by atoms with Crippen LogP contribution in [-0.4, -0.2) is 90.0 Å². The van der Waals surface area contributed by atoms with E-state index in [1.165, 1.54) is 21.3 Å². The van der Waals surface area contributed by atoms with Crippen LogP contribution in [0.2, 0.25) is 0 Å². The molecule has 35 heavy (non-hydrogen) atoms. The molecule has 0 bridgehead atoms. The quantitative estimate of drug-likeness (QED) is 0.453. The summed E-state index contributed by atoms with van der Waals surface area (Å²) in [6.07, 6.45) is 0. The van der Waals surface area contributed by atoms with E-state index in [9.17, 15) is 4.79 Å². The Bertz CT molecular complexity index is 1120. The van der Waals surface area contributed by atoms with Crippen LogP contribution >= 0.6 is 0 Å². The van der Waals surface area contributed by atoms with E-state index < -0.39 is 0 Å². The van der Waals surface area contributed by atoms with Crippen molar-refractivity contribution in [3.63, 3.8) is 0 Å². The maximum atomic E-state index is 13.2. The van der Waals surface area contributed by atoms with Crippen LogP contribution in [0.5, 0.6) is 23.0 Å². The fourth-order valence-electron chi connectivity index (χ4n) is 4.05. The number of amides is 1. The summed E-state index contributed by atoms with van der Waals surface area (Å²) < 4.78 is 23.4. The van der Waals surface area contributed by atoms with Crippen molar-refractivity contribution in [2.75, 3.05) is 54.1 Å². The molecule has 2 aromatic carbocycles. The number of aromatic nitrogens is 4. The third-order valence-corrected chi connectivity index (χ3v) is 5.86. The van der Waals surface area contributed by atoms with E-state index in [0.29, 0.717) is 62.1 Å². The molecule has 0 saturated carbocycles. The molecule has 2 heterocycles. The van der Waals surface area contributed by atoms with Crippen molar-refractivity contribution in [3.8, 4) is 28.7 Å². The number of ether oxygens (including phenoxy) is 4. The normalized spacial score (nSPS) is 14.0. The molecule has 0 spiro atoms. The molecule has 0 N–H and O–H groups in total. The Labute approximate surface area is 204 Å². The van der Waals surface area contributed by atoms with Gasteiger partial charge in [0.25, 0.3) is 5.91 Å². The molecule has 0 aliphatic carbocycles. The monoisotopic (exact) mass is 482 g/mol. The predicted molar refractivity (Wildman–Crippen MR) is 128 cm³/mol. The standard InChI is InChI=1S/C24H30N6O5/c1-5-35-19-8-6-18(7-9-19)30-22(25-26-27-30)16-28-10-12-29(13-11-28)24(31)17-14-20(32-2)23(34-4)21(15-17)33-3/h6-9,14-15H,5,10-13,16H2,1-4H3. The summed E-state index contributed by atoms with van der Waals surface area (Å²) in [7, 11) is 4.60. The zero-order valence-corrected chi connectivity index (χ0v) is 20.4. The van der Waals surface area contributed by atoms with Gasteiger partial charge in [0, 0.05) is 31.7 Å². The topological polar surface area (TPSA) is 104 Å². The lowest BCUT2D eigenvalue weighted by Gasteiger charge is -2.34. The highest BCUT2D eigenvalue weighted by Crippen LogP contribution is 2.38. The Balaban J connectivity index is 1.40. The number of benzene rings is 2. The lowest BCUT2D eigenvalue weighted by molar-refractivity contribution is 0.0623. The van der Waals surface area contributed by atoms with Gasteiger partial charge in [0.2, 0.25) is 5.75 Å². The minimum absolute atomic E-state index is 0.0804. The molecular formula is C24H30N6O5. The number of carbonyl (C=O) groups excluding carboxylic acids is 1. The van der Waals surface area contributed by atoms with Crippen LogP contribution in [0.1, 0.15) is 23.1 Å². The fraction of sp³-hybridized carbons (Fsp3) is 0.417. The van der Waals surface area contributed by atoms with Crippen LogP contribution in [0.25, 0.3) is 5.69 Å². The Morgan fingerprint density at radius 2 is 1.60 bits per heavy atom. The maximum Gasteiger partial charge on any atom is 0.254 e. The molecule has 1 aromatic heterocycles. The van der Waals surface area contributed by atoms with E-state index in [-0.39, 0.29) is 5.91 Å². The minimum atomic E-state index is -0.0804. The van der Waals surface area contributed by atoms with Gasteiger partial charge in [-0.2, -0.15) is 4.68 Å². The van der Waals surface area contributed by atoms with E-state index in [2.05, 4.69) is 20.4 Å². The van der Waals surface area contributed by atoms with Crippen LogP contribution in [-0.2, 0) is 6.54 Å². The minimum Gasteiger partial charge on any atom is -0.494 e. The number of methoxy groups -OCH3 is 3. The van der Waals surface area contributed by atoms with E-state index in [0.717, 1.165) is 17.3 Å². The summed E-state index contributed by atoms with van der Waals surface area (Å²) in [4.78, 5) is 17.2. The molecule has 11 nitrogen and oxygen atoms in total. The van der Waals surface area contributed by atoms with Gasteiger partial charge in [-0.15, -0.1) is 5.10 Å². The summed E-state index contributed by atoms with van der Waals surface area (Å²) in [6, 6.07) is 11.0. The summed E-state index contributed by atoms with van der Waals surface area (Å²) in [6.45, 7) is 5.71. The summed E-state index contributed by atoms with van der Waals surface area (Å²) in [5, 5.41) is 12.2. The first-order valence-corrected chi connectivity index (χ1v) is 11.4. The molecule has 1 aliphatic heterocycles. The van der Waals surface area contributed by atoms with E-state index in [1.54, 1.807) is 16.8 Å². The van der Waals surface area contributed by atoms with Gasteiger partial charge in [0.15, 0.2) is 17.3 Å². The molecule has 3 aromatic rings. The number of hydrogen-bond acceptors (Lipinski definition) is 9. The summed E-state index contributed by atoms with van der Waals surface area (Å²) in [5.41, 5.74) is 1.36. The van der Waals surface area contributed by atoms with Gasteiger partial charge >= 0.3 is 0 Å². The first-order chi connectivity index (χ1) is 17.1. The van der Waals surface area contributed by atoms with Crippen molar-refractivity contribution in [1.82, 2.24) is 30.0 Å². The smallest absolute Gasteiger partial charge is 0.254 e. The Morgan fingerprint density at radius 1 is 0.943 bits per heavy atom. The van der Waals surface area contributed by atoms with Crippen LogP contribution in [0.3, 0.4) is 0 Å². The van der Waals surface area contributed by atoms with Crippen molar-refractivity contribution in [3.05, 3.63) is 47.8 Å². The second-order valence-corrected chi connectivity index (χ2v) is 7.92. The highest BCUT2D eigenvalue weighted by Gasteiger charge is 2.26. The highest BCUT2D eigenvalue weighted by molar-refractivity contribution is 5.95. The lowest BCUT2D eigenvalue weighted by Crippen LogP contribution is -2.48. The van der Waals surface area contributed by atoms with Gasteiger partial charge in [0.05, 0.1) is 40.2 Å². The number of tetrazole rings is 1. The number of rotatable bonds is 9. The zero-order chi connectivity index (χ0) is 24.8. The van der Waals surface area contributed by atoms with Gasteiger partial charge in [-0.1, -0.05) is 0 Å². The number of hydrogen-bond donors (Lipinski definition) is 0. The maximum absolute atomic E-state index is 13.2. The van der Waals surface area contributed by atoms with E-state index in [4.69, 9.17) is 18.9 Å². The van der Waals surface area contributed by atoms with Gasteiger partial charge in [-0.05, 0) is 53.7 Å². The molecule has 1 amide bonds.